The summed E-state index contributed by atoms with van der Waals surface area (Å²) in [6.07, 6.45) is -4.51. The van der Waals surface area contributed by atoms with Crippen LogP contribution in [0.5, 0.6) is 0 Å². The van der Waals surface area contributed by atoms with Gasteiger partial charge < -0.3 is 5.32 Å². The topological polar surface area (TPSA) is 48.5 Å². The van der Waals surface area contributed by atoms with E-state index in [-0.39, 0.29) is 12.2 Å². The Bertz CT molecular complexity index is 1010. The third kappa shape index (κ3) is 5.70. The third-order valence-corrected chi connectivity index (χ3v) is 6.75. The standard InChI is InChI=1S/C21H21F3N4OS2/c22-21(23,24)15-4-1-2-5-16(15)25-19(29)12-27-7-9-28(10-8-27)13-20-26-17(14-31-20)18-6-3-11-30-18/h1-6,11,14H,7-10,12-13H2,(H,25,29). The smallest absolute Gasteiger partial charge is 0.324 e. The Kier molecular flexibility index (Phi) is 6.71. The molecule has 0 aliphatic carbocycles. The predicted octanol–water partition coefficient (Wildman–Crippen LogP) is 4.65. The molecule has 2 aromatic heterocycles. The van der Waals surface area contributed by atoms with Crippen LogP contribution in [0.15, 0.2) is 47.2 Å². The molecular weight excluding hydrogens is 445 g/mol. The number of thiophene rings is 1. The second-order valence-electron chi connectivity index (χ2n) is 7.25. The number of hydrogen-bond acceptors (Lipinski definition) is 6. The van der Waals surface area contributed by atoms with Gasteiger partial charge in [-0.15, -0.1) is 22.7 Å². The highest BCUT2D eigenvalue weighted by Crippen LogP contribution is 2.34. The monoisotopic (exact) mass is 466 g/mol. The second kappa shape index (κ2) is 9.47. The van der Waals surface area contributed by atoms with Crippen LogP contribution < -0.4 is 5.32 Å². The quantitative estimate of drug-likeness (QED) is 0.575. The van der Waals surface area contributed by atoms with Crippen molar-refractivity contribution in [2.75, 3.05) is 38.0 Å². The molecule has 1 aliphatic rings. The molecule has 0 saturated carbocycles. The van der Waals surface area contributed by atoms with Gasteiger partial charge in [0.25, 0.3) is 0 Å². The average Bonchev–Trinajstić information content (AvgIpc) is 3.41. The zero-order valence-corrected chi connectivity index (χ0v) is 18.2. The molecule has 4 rings (SSSR count). The van der Waals surface area contributed by atoms with E-state index in [1.807, 2.05) is 16.3 Å². The third-order valence-electron chi connectivity index (χ3n) is 5.02. The zero-order chi connectivity index (χ0) is 21.8. The molecule has 1 amide bonds. The number of carbonyl (C=O) groups is 1. The van der Waals surface area contributed by atoms with Crippen molar-refractivity contribution in [3.8, 4) is 10.6 Å². The predicted molar refractivity (Wildman–Crippen MR) is 117 cm³/mol. The molecule has 0 atom stereocenters. The molecule has 3 heterocycles. The summed E-state index contributed by atoms with van der Waals surface area (Å²) in [5.74, 6) is -0.439. The first kappa shape index (κ1) is 21.9. The van der Waals surface area contributed by atoms with Gasteiger partial charge in [0.05, 0.1) is 34.9 Å². The van der Waals surface area contributed by atoms with Crippen molar-refractivity contribution in [1.29, 1.82) is 0 Å². The van der Waals surface area contributed by atoms with Crippen LogP contribution in [0.1, 0.15) is 10.6 Å². The fourth-order valence-electron chi connectivity index (χ4n) is 3.45. The van der Waals surface area contributed by atoms with Gasteiger partial charge in [0, 0.05) is 31.6 Å². The van der Waals surface area contributed by atoms with Gasteiger partial charge in [-0.1, -0.05) is 18.2 Å². The molecule has 1 aliphatic heterocycles. The van der Waals surface area contributed by atoms with Crippen molar-refractivity contribution in [2.24, 2.45) is 0 Å². The van der Waals surface area contributed by atoms with E-state index < -0.39 is 17.6 Å². The number of anilines is 1. The molecule has 1 saturated heterocycles. The van der Waals surface area contributed by atoms with E-state index in [1.165, 1.54) is 18.2 Å². The maximum atomic E-state index is 13.1. The highest BCUT2D eigenvalue weighted by atomic mass is 32.1. The van der Waals surface area contributed by atoms with E-state index in [1.54, 1.807) is 22.7 Å². The lowest BCUT2D eigenvalue weighted by molar-refractivity contribution is -0.137. The molecule has 1 fully saturated rings. The number of hydrogen-bond donors (Lipinski definition) is 1. The maximum absolute atomic E-state index is 13.1. The molecule has 164 valence electrons. The number of piperazine rings is 1. The molecule has 10 heteroatoms. The number of thiazole rings is 1. The number of alkyl halides is 3. The summed E-state index contributed by atoms with van der Waals surface area (Å²) in [5.41, 5.74) is -0.0352. The Hall–Kier alpha value is -2.27. The number of nitrogens with zero attached hydrogens (tertiary/aromatic N) is 3. The largest absolute Gasteiger partial charge is 0.418 e. The minimum absolute atomic E-state index is 0.0693. The van der Waals surface area contributed by atoms with Gasteiger partial charge in [0.2, 0.25) is 5.91 Å². The molecule has 1 N–H and O–H groups in total. The van der Waals surface area contributed by atoms with Crippen LogP contribution in [0.4, 0.5) is 18.9 Å². The van der Waals surface area contributed by atoms with Gasteiger partial charge in [-0.3, -0.25) is 14.6 Å². The lowest BCUT2D eigenvalue weighted by Crippen LogP contribution is -2.48. The van der Waals surface area contributed by atoms with Crippen LogP contribution in [-0.4, -0.2) is 53.4 Å². The summed E-state index contributed by atoms with van der Waals surface area (Å²) in [6, 6.07) is 9.10. The van der Waals surface area contributed by atoms with Gasteiger partial charge in [-0.25, -0.2) is 4.98 Å². The molecule has 3 aromatic rings. The van der Waals surface area contributed by atoms with Crippen LogP contribution in [-0.2, 0) is 17.5 Å². The number of amides is 1. The van der Waals surface area contributed by atoms with Crippen molar-refractivity contribution in [3.63, 3.8) is 0 Å². The molecule has 31 heavy (non-hydrogen) atoms. The van der Waals surface area contributed by atoms with Crippen molar-refractivity contribution < 1.29 is 18.0 Å². The van der Waals surface area contributed by atoms with Crippen molar-refractivity contribution in [2.45, 2.75) is 12.7 Å². The van der Waals surface area contributed by atoms with Crippen LogP contribution >= 0.6 is 22.7 Å². The number of para-hydroxylation sites is 1. The number of carbonyl (C=O) groups excluding carboxylic acids is 1. The summed E-state index contributed by atoms with van der Waals surface area (Å²) in [5, 5.41) is 7.57. The van der Waals surface area contributed by atoms with Crippen LogP contribution in [0, 0.1) is 0 Å². The summed E-state index contributed by atoms with van der Waals surface area (Å²) in [7, 11) is 0. The number of nitrogens with one attached hydrogen (secondary N) is 1. The Morgan fingerprint density at radius 2 is 1.77 bits per heavy atom. The lowest BCUT2D eigenvalue weighted by atomic mass is 10.1. The number of rotatable bonds is 6. The first-order chi connectivity index (χ1) is 14.9. The molecule has 0 spiro atoms. The van der Waals surface area contributed by atoms with E-state index >= 15 is 0 Å². The number of halogens is 3. The summed E-state index contributed by atoms with van der Waals surface area (Å²) in [6.45, 7) is 3.74. The fraction of sp³-hybridized carbons (Fsp3) is 0.333. The second-order valence-corrected chi connectivity index (χ2v) is 9.14. The molecule has 5 nitrogen and oxygen atoms in total. The Balaban J connectivity index is 1.26. The van der Waals surface area contributed by atoms with Gasteiger partial charge >= 0.3 is 6.18 Å². The minimum Gasteiger partial charge on any atom is -0.324 e. The summed E-state index contributed by atoms with van der Waals surface area (Å²) >= 11 is 3.31. The van der Waals surface area contributed by atoms with Gasteiger partial charge in [0.15, 0.2) is 0 Å². The van der Waals surface area contributed by atoms with Gasteiger partial charge in [-0.2, -0.15) is 13.2 Å². The minimum atomic E-state index is -4.51. The summed E-state index contributed by atoms with van der Waals surface area (Å²) < 4.78 is 39.3. The average molecular weight is 467 g/mol. The van der Waals surface area contributed by atoms with E-state index in [0.29, 0.717) is 13.1 Å². The Labute approximate surface area is 186 Å². The van der Waals surface area contributed by atoms with Crippen molar-refractivity contribution >= 4 is 34.3 Å². The van der Waals surface area contributed by atoms with E-state index in [4.69, 9.17) is 4.98 Å². The number of aromatic nitrogens is 1. The van der Waals surface area contributed by atoms with Crippen molar-refractivity contribution in [1.82, 2.24) is 14.8 Å². The molecule has 0 radical (unpaired) electrons. The summed E-state index contributed by atoms with van der Waals surface area (Å²) in [4.78, 5) is 22.4. The number of benzene rings is 1. The lowest BCUT2D eigenvalue weighted by Gasteiger charge is -2.33. The molecule has 0 unspecified atom stereocenters. The Morgan fingerprint density at radius 3 is 2.48 bits per heavy atom. The SMILES string of the molecule is O=C(CN1CCN(Cc2nc(-c3cccs3)cs2)CC1)Nc1ccccc1C(F)(F)F. The Morgan fingerprint density at radius 1 is 1.03 bits per heavy atom. The highest BCUT2D eigenvalue weighted by Gasteiger charge is 2.33. The van der Waals surface area contributed by atoms with Gasteiger partial charge in [0.1, 0.15) is 5.01 Å². The molecular formula is C21H21F3N4OS2. The first-order valence-electron chi connectivity index (χ1n) is 9.77. The van der Waals surface area contributed by atoms with Crippen LogP contribution in [0.3, 0.4) is 0 Å². The normalized spacial score (nSPS) is 15.8. The van der Waals surface area contributed by atoms with Crippen LogP contribution in [0.2, 0.25) is 0 Å². The van der Waals surface area contributed by atoms with Crippen LogP contribution in [0.25, 0.3) is 10.6 Å². The zero-order valence-electron chi connectivity index (χ0n) is 16.6. The highest BCUT2D eigenvalue weighted by molar-refractivity contribution is 7.14. The van der Waals surface area contributed by atoms with E-state index in [2.05, 4.69) is 21.7 Å². The fourth-order valence-corrected chi connectivity index (χ4v) is 5.05. The van der Waals surface area contributed by atoms with E-state index in [9.17, 15) is 18.0 Å². The van der Waals surface area contributed by atoms with Crippen molar-refractivity contribution in [3.05, 3.63) is 57.7 Å². The first-order valence-corrected chi connectivity index (χ1v) is 11.5. The molecule has 0 bridgehead atoms. The van der Waals surface area contributed by atoms with Gasteiger partial charge in [-0.05, 0) is 23.6 Å². The molecule has 1 aromatic carbocycles. The maximum Gasteiger partial charge on any atom is 0.418 e. The van der Waals surface area contributed by atoms with E-state index in [0.717, 1.165) is 41.3 Å².